The maximum Gasteiger partial charge on any atom is 0.313 e. The van der Waals surface area contributed by atoms with Crippen LogP contribution in [-0.2, 0) is 9.53 Å². The Morgan fingerprint density at radius 3 is 2.16 bits per heavy atom. The molecule has 32 heavy (non-hydrogen) atoms. The summed E-state index contributed by atoms with van der Waals surface area (Å²) in [5.74, 6) is -6.61. The quantitative estimate of drug-likeness (QED) is 0.377. The molecular formula is C25H26F4O3. The van der Waals surface area contributed by atoms with Crippen LogP contribution in [0.3, 0.4) is 0 Å². The summed E-state index contributed by atoms with van der Waals surface area (Å²) in [6.45, 7) is 1.75. The first-order chi connectivity index (χ1) is 15.4. The molecule has 1 heterocycles. The smallest absolute Gasteiger partial charge is 0.313 e. The molecule has 2 unspecified atom stereocenters. The number of esters is 1. The zero-order valence-electron chi connectivity index (χ0n) is 17.9. The van der Waals surface area contributed by atoms with Gasteiger partial charge < -0.3 is 9.47 Å². The number of ether oxygens (including phenoxy) is 2. The van der Waals surface area contributed by atoms with E-state index in [1.165, 1.54) is 24.6 Å². The van der Waals surface area contributed by atoms with Gasteiger partial charge in [0.1, 0.15) is 6.10 Å². The Balaban J connectivity index is 1.57. The third kappa shape index (κ3) is 4.21. The number of carbonyl (C=O) groups excluding carboxylic acids is 1. The molecule has 2 fully saturated rings. The molecule has 1 aliphatic carbocycles. The van der Waals surface area contributed by atoms with Crippen LogP contribution >= 0.6 is 0 Å². The molecule has 1 saturated heterocycles. The van der Waals surface area contributed by atoms with Gasteiger partial charge in [-0.2, -0.15) is 4.39 Å². The normalized spacial score (nSPS) is 22.0. The molecule has 2 aromatic rings. The van der Waals surface area contributed by atoms with Gasteiger partial charge in [-0.05, 0) is 50.7 Å². The van der Waals surface area contributed by atoms with Gasteiger partial charge in [0.25, 0.3) is 0 Å². The van der Waals surface area contributed by atoms with Crippen LogP contribution in [0.5, 0.6) is 5.75 Å². The van der Waals surface area contributed by atoms with Gasteiger partial charge in [-0.1, -0.05) is 31.4 Å². The fourth-order valence-electron chi connectivity index (χ4n) is 4.91. The lowest BCUT2D eigenvalue weighted by molar-refractivity contribution is -0.160. The average Bonchev–Trinajstić information content (AvgIpc) is 2.80. The Morgan fingerprint density at radius 2 is 1.50 bits per heavy atom. The van der Waals surface area contributed by atoms with E-state index in [-0.39, 0.29) is 24.0 Å². The van der Waals surface area contributed by atoms with Crippen LogP contribution in [0, 0.1) is 29.2 Å². The first-order valence-electron chi connectivity index (χ1n) is 11.2. The van der Waals surface area contributed by atoms with E-state index in [1.807, 2.05) is 0 Å². The molecule has 1 aliphatic heterocycles. The Hall–Kier alpha value is -2.57. The zero-order chi connectivity index (χ0) is 22.8. The molecule has 0 spiro atoms. The number of cyclic esters (lactones) is 1. The number of hydrogen-bond acceptors (Lipinski definition) is 3. The SMILES string of the molecule is CCOc1ccc(-c2ccc(C3CCC(C4CCCCC4)OC3=O)c(F)c2F)c(F)c1F. The first kappa shape index (κ1) is 22.6. The molecule has 1 saturated carbocycles. The van der Waals surface area contributed by atoms with E-state index in [9.17, 15) is 22.4 Å². The van der Waals surface area contributed by atoms with E-state index in [2.05, 4.69) is 0 Å². The van der Waals surface area contributed by atoms with Crippen molar-refractivity contribution in [2.75, 3.05) is 6.61 Å². The van der Waals surface area contributed by atoms with Crippen molar-refractivity contribution < 1.29 is 31.8 Å². The number of rotatable bonds is 5. The number of hydrogen-bond donors (Lipinski definition) is 0. The molecular weight excluding hydrogens is 424 g/mol. The maximum absolute atomic E-state index is 15.0. The number of benzene rings is 2. The highest BCUT2D eigenvalue weighted by Crippen LogP contribution is 2.40. The van der Waals surface area contributed by atoms with Gasteiger partial charge >= 0.3 is 5.97 Å². The second kappa shape index (κ2) is 9.51. The molecule has 0 radical (unpaired) electrons. The minimum Gasteiger partial charge on any atom is -0.491 e. The first-order valence-corrected chi connectivity index (χ1v) is 11.2. The summed E-state index contributed by atoms with van der Waals surface area (Å²) in [6, 6.07) is 4.75. The predicted molar refractivity (Wildman–Crippen MR) is 111 cm³/mol. The molecule has 2 aromatic carbocycles. The highest BCUT2D eigenvalue weighted by molar-refractivity contribution is 5.79. The zero-order valence-corrected chi connectivity index (χ0v) is 17.9. The third-order valence-corrected chi connectivity index (χ3v) is 6.59. The van der Waals surface area contributed by atoms with Gasteiger partial charge in [0, 0.05) is 16.7 Å². The van der Waals surface area contributed by atoms with Crippen LogP contribution in [0.4, 0.5) is 17.6 Å². The van der Waals surface area contributed by atoms with Gasteiger partial charge in [-0.15, -0.1) is 0 Å². The molecule has 7 heteroatoms. The standard InChI is InChI=1S/C25H26F4O3/c1-2-31-20-13-10-16(23(28)24(20)29)15-8-9-17(22(27)21(15)26)18-11-12-19(32-25(18)30)14-6-4-3-5-7-14/h8-10,13-14,18-19H,2-7,11-12H2,1H3. The second-order valence-corrected chi connectivity index (χ2v) is 8.51. The fraction of sp³-hybridized carbons (Fsp3) is 0.480. The second-order valence-electron chi connectivity index (χ2n) is 8.51. The lowest BCUT2D eigenvalue weighted by Crippen LogP contribution is -2.36. The Kier molecular flexibility index (Phi) is 6.72. The van der Waals surface area contributed by atoms with Gasteiger partial charge in [-0.3, -0.25) is 4.79 Å². The Labute approximate surface area is 184 Å². The molecule has 0 amide bonds. The summed E-state index contributed by atoms with van der Waals surface area (Å²) >= 11 is 0. The molecule has 4 rings (SSSR count). The van der Waals surface area contributed by atoms with Crippen LogP contribution < -0.4 is 4.74 Å². The topological polar surface area (TPSA) is 35.5 Å². The average molecular weight is 450 g/mol. The lowest BCUT2D eigenvalue weighted by atomic mass is 9.80. The summed E-state index contributed by atoms with van der Waals surface area (Å²) < 4.78 is 69.2. The van der Waals surface area contributed by atoms with Crippen molar-refractivity contribution in [3.05, 3.63) is 53.1 Å². The summed E-state index contributed by atoms with van der Waals surface area (Å²) in [5, 5.41) is 0. The highest BCUT2D eigenvalue weighted by Gasteiger charge is 2.37. The minimum atomic E-state index is -1.33. The van der Waals surface area contributed by atoms with Gasteiger partial charge in [-0.25, -0.2) is 13.2 Å². The highest BCUT2D eigenvalue weighted by atomic mass is 19.2. The van der Waals surface area contributed by atoms with Crippen molar-refractivity contribution in [1.82, 2.24) is 0 Å². The predicted octanol–water partition coefficient (Wildman–Crippen LogP) is 6.68. The van der Waals surface area contributed by atoms with E-state index in [0.29, 0.717) is 18.8 Å². The van der Waals surface area contributed by atoms with E-state index < -0.39 is 46.3 Å². The molecule has 2 aliphatic rings. The number of carbonyl (C=O) groups is 1. The van der Waals surface area contributed by atoms with Gasteiger partial charge in [0.15, 0.2) is 23.2 Å². The number of halogens is 4. The maximum atomic E-state index is 15.0. The Morgan fingerprint density at radius 1 is 0.844 bits per heavy atom. The molecule has 2 atom stereocenters. The van der Waals surface area contributed by atoms with Crippen LogP contribution in [0.15, 0.2) is 24.3 Å². The summed E-state index contributed by atoms with van der Waals surface area (Å²) in [5.41, 5.74) is -0.961. The van der Waals surface area contributed by atoms with Crippen molar-refractivity contribution in [2.24, 2.45) is 5.92 Å². The van der Waals surface area contributed by atoms with E-state index in [4.69, 9.17) is 9.47 Å². The van der Waals surface area contributed by atoms with Crippen molar-refractivity contribution in [3.8, 4) is 16.9 Å². The summed E-state index contributed by atoms with van der Waals surface area (Å²) in [4.78, 5) is 12.6. The van der Waals surface area contributed by atoms with Crippen LogP contribution in [0.25, 0.3) is 11.1 Å². The van der Waals surface area contributed by atoms with E-state index in [1.54, 1.807) is 6.92 Å². The third-order valence-electron chi connectivity index (χ3n) is 6.59. The fourth-order valence-corrected chi connectivity index (χ4v) is 4.91. The molecule has 0 bridgehead atoms. The van der Waals surface area contributed by atoms with E-state index >= 15 is 0 Å². The van der Waals surface area contributed by atoms with Crippen LogP contribution in [0.1, 0.15) is 63.4 Å². The van der Waals surface area contributed by atoms with E-state index in [0.717, 1.165) is 31.7 Å². The lowest BCUT2D eigenvalue weighted by Gasteiger charge is -2.35. The van der Waals surface area contributed by atoms with Crippen molar-refractivity contribution in [3.63, 3.8) is 0 Å². The van der Waals surface area contributed by atoms with Crippen molar-refractivity contribution >= 4 is 5.97 Å². The van der Waals surface area contributed by atoms with Gasteiger partial charge in [0.2, 0.25) is 5.82 Å². The largest absolute Gasteiger partial charge is 0.491 e. The van der Waals surface area contributed by atoms with Crippen LogP contribution in [0.2, 0.25) is 0 Å². The summed E-state index contributed by atoms with van der Waals surface area (Å²) in [6.07, 6.45) is 6.25. The molecule has 0 aromatic heterocycles. The monoisotopic (exact) mass is 450 g/mol. The van der Waals surface area contributed by atoms with Gasteiger partial charge in [0.05, 0.1) is 12.5 Å². The minimum absolute atomic E-state index is 0.120. The molecule has 0 N–H and O–H groups in total. The van der Waals surface area contributed by atoms with Crippen molar-refractivity contribution in [1.29, 1.82) is 0 Å². The molecule has 172 valence electrons. The van der Waals surface area contributed by atoms with Crippen LogP contribution in [-0.4, -0.2) is 18.7 Å². The van der Waals surface area contributed by atoms with Crippen molar-refractivity contribution in [2.45, 2.75) is 63.9 Å². The Bertz CT molecular complexity index is 1000. The molecule has 3 nitrogen and oxygen atoms in total. The summed E-state index contributed by atoms with van der Waals surface area (Å²) in [7, 11) is 0.